The van der Waals surface area contributed by atoms with E-state index in [1.807, 2.05) is 38.2 Å². The highest BCUT2D eigenvalue weighted by Gasteiger charge is 2.08. The maximum Gasteiger partial charge on any atom is 0.338 e. The van der Waals surface area contributed by atoms with Crippen molar-refractivity contribution in [3.63, 3.8) is 0 Å². The molecular weight excluding hydrogens is 216 g/mol. The van der Waals surface area contributed by atoms with Crippen LogP contribution in [-0.2, 0) is 18.4 Å². The van der Waals surface area contributed by atoms with Crippen LogP contribution >= 0.6 is 0 Å². The third-order valence-electron chi connectivity index (χ3n) is 2.53. The Morgan fingerprint density at radius 2 is 2.06 bits per heavy atom. The molecule has 1 aromatic carbocycles. The van der Waals surface area contributed by atoms with Gasteiger partial charge in [0, 0.05) is 12.7 Å². The Morgan fingerprint density at radius 3 is 2.65 bits per heavy atom. The van der Waals surface area contributed by atoms with Crippen LogP contribution in [0.2, 0.25) is 0 Å². The van der Waals surface area contributed by atoms with Gasteiger partial charge in [-0.05, 0) is 25.1 Å². The van der Waals surface area contributed by atoms with Gasteiger partial charge in [-0.15, -0.1) is 0 Å². The number of nitrogens with zero attached hydrogens (tertiary/aromatic N) is 2. The van der Waals surface area contributed by atoms with E-state index in [0.29, 0.717) is 5.56 Å². The smallest absolute Gasteiger partial charge is 0.338 e. The van der Waals surface area contributed by atoms with Crippen molar-refractivity contribution in [3.8, 4) is 0 Å². The quantitative estimate of drug-likeness (QED) is 0.758. The summed E-state index contributed by atoms with van der Waals surface area (Å²) in [5.41, 5.74) is 2.35. The number of carbonyl (C=O) groups is 1. The van der Waals surface area contributed by atoms with Crippen molar-refractivity contribution in [1.29, 1.82) is 0 Å². The van der Waals surface area contributed by atoms with E-state index in [9.17, 15) is 4.79 Å². The lowest BCUT2D eigenvalue weighted by molar-refractivity contribution is 0.0467. The molecule has 1 heterocycles. The number of carbonyl (C=O) groups excluding carboxylic acids is 1. The van der Waals surface area contributed by atoms with Crippen LogP contribution < -0.4 is 0 Å². The third kappa shape index (κ3) is 2.72. The topological polar surface area (TPSA) is 44.1 Å². The molecule has 0 saturated carbocycles. The fourth-order valence-electron chi connectivity index (χ4n) is 1.50. The molecule has 2 aromatic rings. The number of benzene rings is 1. The average molecular weight is 230 g/mol. The SMILES string of the molecule is Cc1cc(COC(=O)c2ccccc2)nn1C. The van der Waals surface area contributed by atoms with Crippen molar-refractivity contribution in [3.05, 3.63) is 53.3 Å². The lowest BCUT2D eigenvalue weighted by Gasteiger charge is -2.02. The van der Waals surface area contributed by atoms with Gasteiger partial charge in [0.05, 0.1) is 5.56 Å². The van der Waals surface area contributed by atoms with Gasteiger partial charge in [-0.2, -0.15) is 5.10 Å². The number of hydrogen-bond donors (Lipinski definition) is 0. The Hall–Kier alpha value is -2.10. The fraction of sp³-hybridized carbons (Fsp3) is 0.231. The first-order valence-electron chi connectivity index (χ1n) is 5.38. The Labute approximate surface area is 99.8 Å². The van der Waals surface area contributed by atoms with E-state index in [1.165, 1.54) is 0 Å². The second-order valence-electron chi connectivity index (χ2n) is 3.84. The minimum Gasteiger partial charge on any atom is -0.456 e. The van der Waals surface area contributed by atoms with E-state index < -0.39 is 0 Å². The number of hydrogen-bond acceptors (Lipinski definition) is 3. The molecule has 88 valence electrons. The van der Waals surface area contributed by atoms with E-state index in [1.54, 1.807) is 16.8 Å². The van der Waals surface area contributed by atoms with Crippen LogP contribution in [0, 0.1) is 6.92 Å². The average Bonchev–Trinajstić information content (AvgIpc) is 2.67. The molecule has 0 amide bonds. The van der Waals surface area contributed by atoms with Crippen molar-refractivity contribution in [2.75, 3.05) is 0 Å². The number of rotatable bonds is 3. The minimum atomic E-state index is -0.325. The lowest BCUT2D eigenvalue weighted by atomic mass is 10.2. The Kier molecular flexibility index (Phi) is 3.23. The van der Waals surface area contributed by atoms with Crippen molar-refractivity contribution >= 4 is 5.97 Å². The first-order valence-corrected chi connectivity index (χ1v) is 5.38. The number of aryl methyl sites for hydroxylation is 2. The first-order chi connectivity index (χ1) is 8.16. The van der Waals surface area contributed by atoms with Gasteiger partial charge in [-0.25, -0.2) is 4.79 Å². The lowest BCUT2D eigenvalue weighted by Crippen LogP contribution is -2.05. The highest BCUT2D eigenvalue weighted by molar-refractivity contribution is 5.89. The molecule has 17 heavy (non-hydrogen) atoms. The summed E-state index contributed by atoms with van der Waals surface area (Å²) in [5, 5.41) is 4.22. The summed E-state index contributed by atoms with van der Waals surface area (Å²) < 4.78 is 6.92. The van der Waals surface area contributed by atoms with Crippen molar-refractivity contribution in [1.82, 2.24) is 9.78 Å². The largest absolute Gasteiger partial charge is 0.456 e. The second kappa shape index (κ2) is 4.82. The van der Waals surface area contributed by atoms with E-state index >= 15 is 0 Å². The summed E-state index contributed by atoms with van der Waals surface area (Å²) >= 11 is 0. The van der Waals surface area contributed by atoms with E-state index in [4.69, 9.17) is 4.74 Å². The Balaban J connectivity index is 1.97. The van der Waals surface area contributed by atoms with Gasteiger partial charge in [-0.3, -0.25) is 4.68 Å². The molecule has 0 aliphatic heterocycles. The number of ether oxygens (including phenoxy) is 1. The van der Waals surface area contributed by atoms with Crippen molar-refractivity contribution in [2.45, 2.75) is 13.5 Å². The zero-order valence-corrected chi connectivity index (χ0v) is 9.88. The molecule has 0 saturated heterocycles. The summed E-state index contributed by atoms with van der Waals surface area (Å²) in [7, 11) is 1.86. The van der Waals surface area contributed by atoms with Crippen LogP contribution in [0.5, 0.6) is 0 Å². The van der Waals surface area contributed by atoms with Crippen LogP contribution in [0.3, 0.4) is 0 Å². The zero-order chi connectivity index (χ0) is 12.3. The molecule has 0 aliphatic carbocycles. The van der Waals surface area contributed by atoms with Crippen LogP contribution in [-0.4, -0.2) is 15.7 Å². The normalized spacial score (nSPS) is 10.2. The fourth-order valence-corrected chi connectivity index (χ4v) is 1.50. The monoisotopic (exact) mass is 230 g/mol. The van der Waals surface area contributed by atoms with E-state index in [2.05, 4.69) is 5.10 Å². The molecule has 0 spiro atoms. The molecule has 4 heteroatoms. The molecule has 4 nitrogen and oxygen atoms in total. The predicted octanol–water partition coefficient (Wildman–Crippen LogP) is 2.09. The van der Waals surface area contributed by atoms with Gasteiger partial charge < -0.3 is 4.74 Å². The molecule has 0 N–H and O–H groups in total. The molecular formula is C13H14N2O2. The van der Waals surface area contributed by atoms with E-state index in [-0.39, 0.29) is 12.6 Å². The Morgan fingerprint density at radius 1 is 1.35 bits per heavy atom. The standard InChI is InChI=1S/C13H14N2O2/c1-10-8-12(14-15(10)2)9-17-13(16)11-6-4-3-5-7-11/h3-8H,9H2,1-2H3. The number of esters is 1. The summed E-state index contributed by atoms with van der Waals surface area (Å²) in [4.78, 5) is 11.7. The molecule has 0 aliphatic rings. The molecule has 0 bridgehead atoms. The molecule has 0 fully saturated rings. The Bertz CT molecular complexity index is 498. The first kappa shape index (κ1) is 11.4. The van der Waals surface area contributed by atoms with E-state index in [0.717, 1.165) is 11.4 Å². The van der Waals surface area contributed by atoms with Crippen LogP contribution in [0.1, 0.15) is 21.7 Å². The van der Waals surface area contributed by atoms with Crippen molar-refractivity contribution in [2.24, 2.45) is 7.05 Å². The third-order valence-corrected chi connectivity index (χ3v) is 2.53. The van der Waals surface area contributed by atoms with Crippen LogP contribution in [0.25, 0.3) is 0 Å². The second-order valence-corrected chi connectivity index (χ2v) is 3.84. The zero-order valence-electron chi connectivity index (χ0n) is 9.88. The van der Waals surface area contributed by atoms with Gasteiger partial charge in [-0.1, -0.05) is 18.2 Å². The number of aromatic nitrogens is 2. The van der Waals surface area contributed by atoms with Gasteiger partial charge >= 0.3 is 5.97 Å². The summed E-state index contributed by atoms with van der Waals surface area (Å²) in [6.07, 6.45) is 0. The van der Waals surface area contributed by atoms with Gasteiger partial charge in [0.2, 0.25) is 0 Å². The summed E-state index contributed by atoms with van der Waals surface area (Å²) in [6.45, 7) is 2.16. The molecule has 1 aromatic heterocycles. The minimum absolute atomic E-state index is 0.204. The van der Waals surface area contributed by atoms with Gasteiger partial charge in [0.15, 0.2) is 0 Å². The molecule has 0 unspecified atom stereocenters. The maximum absolute atomic E-state index is 11.7. The highest BCUT2D eigenvalue weighted by Crippen LogP contribution is 2.06. The predicted molar refractivity (Wildman–Crippen MR) is 63.5 cm³/mol. The molecule has 0 radical (unpaired) electrons. The summed E-state index contributed by atoms with van der Waals surface area (Å²) in [6, 6.07) is 10.8. The van der Waals surface area contributed by atoms with Crippen LogP contribution in [0.15, 0.2) is 36.4 Å². The highest BCUT2D eigenvalue weighted by atomic mass is 16.5. The van der Waals surface area contributed by atoms with Gasteiger partial charge in [0.25, 0.3) is 0 Å². The van der Waals surface area contributed by atoms with Crippen LogP contribution in [0.4, 0.5) is 0 Å². The van der Waals surface area contributed by atoms with Gasteiger partial charge in [0.1, 0.15) is 12.3 Å². The molecule has 2 rings (SSSR count). The maximum atomic E-state index is 11.7. The molecule has 0 atom stereocenters. The van der Waals surface area contributed by atoms with Crippen molar-refractivity contribution < 1.29 is 9.53 Å². The summed E-state index contributed by atoms with van der Waals surface area (Å²) in [5.74, 6) is -0.325.